The number of ether oxygens (including phenoxy) is 1. The number of nitrogens with zero attached hydrogens (tertiary/aromatic N) is 2. The van der Waals surface area contributed by atoms with E-state index < -0.39 is 10.0 Å². The zero-order chi connectivity index (χ0) is 13.0. The lowest BCUT2D eigenvalue weighted by atomic mass is 10.3. The minimum atomic E-state index is -3.60. The summed E-state index contributed by atoms with van der Waals surface area (Å²) in [7, 11) is -3.60. The van der Waals surface area contributed by atoms with E-state index >= 15 is 0 Å². The number of nitrogens with two attached hydrogens (primary N) is 1. The first-order valence-electron chi connectivity index (χ1n) is 5.78. The van der Waals surface area contributed by atoms with Crippen molar-refractivity contribution in [2.24, 2.45) is 0 Å². The van der Waals surface area contributed by atoms with E-state index in [4.69, 9.17) is 10.5 Å². The second-order valence-corrected chi connectivity index (χ2v) is 7.03. The number of aromatic nitrogens is 2. The summed E-state index contributed by atoms with van der Waals surface area (Å²) < 4.78 is 31.3. The molecular formula is C9H16N4O3S2. The molecule has 0 radical (unpaired) electrons. The Morgan fingerprint density at radius 3 is 2.72 bits per heavy atom. The Balaban J connectivity index is 1.75. The van der Waals surface area contributed by atoms with Gasteiger partial charge in [0.15, 0.2) is 0 Å². The summed E-state index contributed by atoms with van der Waals surface area (Å²) in [4.78, 5) is 0. The van der Waals surface area contributed by atoms with Crippen LogP contribution in [0.4, 0.5) is 5.13 Å². The molecule has 3 N–H and O–H groups in total. The van der Waals surface area contributed by atoms with Crippen LogP contribution in [0.2, 0.25) is 0 Å². The summed E-state index contributed by atoms with van der Waals surface area (Å²) in [5, 5.41) is 7.10. The predicted molar refractivity (Wildman–Crippen MR) is 67.7 cm³/mol. The van der Waals surface area contributed by atoms with Crippen LogP contribution < -0.4 is 10.5 Å². The number of rotatable bonds is 6. The highest BCUT2D eigenvalue weighted by atomic mass is 32.2. The molecule has 9 heteroatoms. The fourth-order valence-electron chi connectivity index (χ4n) is 1.85. The SMILES string of the molecule is Nc1nnc(S(=O)(=O)NCCOC2CCCC2)s1. The van der Waals surface area contributed by atoms with E-state index in [9.17, 15) is 8.42 Å². The molecule has 0 saturated heterocycles. The fourth-order valence-corrected chi connectivity index (χ4v) is 3.69. The van der Waals surface area contributed by atoms with Crippen LogP contribution in [0.15, 0.2) is 4.34 Å². The topological polar surface area (TPSA) is 107 Å². The van der Waals surface area contributed by atoms with Crippen LogP contribution in [0.1, 0.15) is 25.7 Å². The van der Waals surface area contributed by atoms with Crippen molar-refractivity contribution in [2.45, 2.75) is 36.1 Å². The van der Waals surface area contributed by atoms with Crippen LogP contribution in [0.5, 0.6) is 0 Å². The molecule has 0 aromatic carbocycles. The Morgan fingerprint density at radius 1 is 1.39 bits per heavy atom. The van der Waals surface area contributed by atoms with Crippen molar-refractivity contribution >= 4 is 26.5 Å². The van der Waals surface area contributed by atoms with Gasteiger partial charge in [0.2, 0.25) is 9.47 Å². The Kier molecular flexibility index (Phi) is 4.49. The maximum Gasteiger partial charge on any atom is 0.269 e. The summed E-state index contributed by atoms with van der Waals surface area (Å²) in [6, 6.07) is 0. The zero-order valence-corrected chi connectivity index (χ0v) is 11.5. The average Bonchev–Trinajstić information content (AvgIpc) is 2.95. The molecule has 1 saturated carbocycles. The number of nitrogens with one attached hydrogen (secondary N) is 1. The molecule has 0 spiro atoms. The molecule has 1 aliphatic carbocycles. The number of hydrogen-bond acceptors (Lipinski definition) is 7. The van der Waals surface area contributed by atoms with Gasteiger partial charge in [-0.3, -0.25) is 0 Å². The molecule has 1 aromatic rings. The maximum absolute atomic E-state index is 11.7. The number of anilines is 1. The first-order chi connectivity index (χ1) is 8.58. The first kappa shape index (κ1) is 13.7. The molecule has 1 aliphatic rings. The quantitative estimate of drug-likeness (QED) is 0.733. The van der Waals surface area contributed by atoms with Gasteiger partial charge in [-0.15, -0.1) is 10.2 Å². The Labute approximate surface area is 110 Å². The lowest BCUT2D eigenvalue weighted by Crippen LogP contribution is -2.28. The largest absolute Gasteiger partial charge is 0.377 e. The molecule has 0 amide bonds. The minimum Gasteiger partial charge on any atom is -0.377 e. The molecule has 0 unspecified atom stereocenters. The van der Waals surface area contributed by atoms with Crippen LogP contribution in [0.25, 0.3) is 0 Å². The van der Waals surface area contributed by atoms with Crippen LogP contribution in [0, 0.1) is 0 Å². The molecule has 1 heterocycles. The number of sulfonamides is 1. The number of hydrogen-bond donors (Lipinski definition) is 2. The van der Waals surface area contributed by atoms with Gasteiger partial charge in [0.25, 0.3) is 10.0 Å². The summed E-state index contributed by atoms with van der Waals surface area (Å²) in [5.74, 6) is 0. The third kappa shape index (κ3) is 3.61. The fraction of sp³-hybridized carbons (Fsp3) is 0.778. The molecule has 0 aliphatic heterocycles. The smallest absolute Gasteiger partial charge is 0.269 e. The van der Waals surface area contributed by atoms with Gasteiger partial charge < -0.3 is 10.5 Å². The lowest BCUT2D eigenvalue weighted by Gasteiger charge is -2.10. The van der Waals surface area contributed by atoms with Crippen molar-refractivity contribution in [3.8, 4) is 0 Å². The van der Waals surface area contributed by atoms with Gasteiger partial charge in [-0.25, -0.2) is 13.1 Å². The maximum atomic E-state index is 11.7. The normalized spacial score (nSPS) is 17.3. The standard InChI is InChI=1S/C9H16N4O3S2/c10-8-12-13-9(17-8)18(14,15)11-5-6-16-7-3-1-2-4-7/h7,11H,1-6H2,(H2,10,12). The van der Waals surface area contributed by atoms with E-state index in [0.29, 0.717) is 6.61 Å². The van der Waals surface area contributed by atoms with Crippen molar-refractivity contribution in [3.63, 3.8) is 0 Å². The van der Waals surface area contributed by atoms with Gasteiger partial charge >= 0.3 is 0 Å². The van der Waals surface area contributed by atoms with Gasteiger partial charge in [-0.2, -0.15) is 0 Å². The second kappa shape index (κ2) is 5.91. The Hall–Kier alpha value is -0.770. The second-order valence-electron chi connectivity index (χ2n) is 4.08. The van der Waals surface area contributed by atoms with Crippen molar-refractivity contribution in [2.75, 3.05) is 18.9 Å². The van der Waals surface area contributed by atoms with Crippen LogP contribution in [0.3, 0.4) is 0 Å². The predicted octanol–water partition coefficient (Wildman–Crippen LogP) is 0.358. The van der Waals surface area contributed by atoms with Crippen molar-refractivity contribution in [3.05, 3.63) is 0 Å². The summed E-state index contributed by atoms with van der Waals surface area (Å²) >= 11 is 0.842. The summed E-state index contributed by atoms with van der Waals surface area (Å²) in [6.07, 6.45) is 4.81. The molecule has 1 aromatic heterocycles. The third-order valence-electron chi connectivity index (χ3n) is 2.70. The average molecular weight is 292 g/mol. The molecule has 102 valence electrons. The van der Waals surface area contributed by atoms with Gasteiger partial charge in [0.1, 0.15) is 0 Å². The summed E-state index contributed by atoms with van der Waals surface area (Å²) in [6.45, 7) is 0.608. The van der Waals surface area contributed by atoms with E-state index in [1.807, 2.05) is 0 Å². The minimum absolute atomic E-state index is 0.110. The Morgan fingerprint density at radius 2 is 2.11 bits per heavy atom. The highest BCUT2D eigenvalue weighted by Gasteiger charge is 2.19. The van der Waals surface area contributed by atoms with E-state index in [2.05, 4.69) is 14.9 Å². The summed E-state index contributed by atoms with van der Waals surface area (Å²) in [5.41, 5.74) is 5.34. The van der Waals surface area contributed by atoms with Crippen LogP contribution in [-0.2, 0) is 14.8 Å². The molecule has 0 atom stereocenters. The zero-order valence-electron chi connectivity index (χ0n) is 9.83. The molecule has 2 rings (SSSR count). The van der Waals surface area contributed by atoms with E-state index in [1.54, 1.807) is 0 Å². The highest BCUT2D eigenvalue weighted by Crippen LogP contribution is 2.20. The van der Waals surface area contributed by atoms with Gasteiger partial charge in [0, 0.05) is 6.54 Å². The van der Waals surface area contributed by atoms with Crippen LogP contribution in [-0.4, -0.2) is 37.9 Å². The number of nitrogen functional groups attached to an aromatic ring is 1. The van der Waals surface area contributed by atoms with Gasteiger partial charge in [0.05, 0.1) is 12.7 Å². The van der Waals surface area contributed by atoms with Crippen molar-refractivity contribution < 1.29 is 13.2 Å². The first-order valence-corrected chi connectivity index (χ1v) is 8.08. The van der Waals surface area contributed by atoms with E-state index in [0.717, 1.165) is 24.2 Å². The van der Waals surface area contributed by atoms with Gasteiger partial charge in [-0.05, 0) is 12.8 Å². The monoisotopic (exact) mass is 292 g/mol. The van der Waals surface area contributed by atoms with E-state index in [1.165, 1.54) is 12.8 Å². The molecule has 0 bridgehead atoms. The van der Waals surface area contributed by atoms with Crippen molar-refractivity contribution in [1.29, 1.82) is 0 Å². The van der Waals surface area contributed by atoms with Crippen LogP contribution >= 0.6 is 11.3 Å². The molecule has 18 heavy (non-hydrogen) atoms. The lowest BCUT2D eigenvalue weighted by molar-refractivity contribution is 0.0626. The third-order valence-corrected chi connectivity index (χ3v) is 5.28. The molecule has 7 nitrogen and oxygen atoms in total. The van der Waals surface area contributed by atoms with E-state index in [-0.39, 0.29) is 22.1 Å². The molecule has 1 fully saturated rings. The molecular weight excluding hydrogens is 276 g/mol. The van der Waals surface area contributed by atoms with Crippen molar-refractivity contribution in [1.82, 2.24) is 14.9 Å². The van der Waals surface area contributed by atoms with Gasteiger partial charge in [-0.1, -0.05) is 24.2 Å². The Bertz CT molecular complexity index is 482. The highest BCUT2D eigenvalue weighted by molar-refractivity contribution is 7.91.